The molecule has 10 nitrogen and oxygen atoms in total. The van der Waals surface area contributed by atoms with E-state index in [9.17, 15) is 9.90 Å². The Hall–Kier alpha value is -4.56. The minimum absolute atomic E-state index is 0.0170. The average molecular weight is 640 g/mol. The molecule has 4 heterocycles. The van der Waals surface area contributed by atoms with Gasteiger partial charge in [0.05, 0.1) is 48.2 Å². The number of imidazole rings is 1. The van der Waals surface area contributed by atoms with Crippen molar-refractivity contribution in [2.24, 2.45) is 5.41 Å². The van der Waals surface area contributed by atoms with Crippen LogP contribution in [0.2, 0.25) is 0 Å². The molecule has 1 fully saturated rings. The molecule has 1 atom stereocenters. The molecule has 0 spiro atoms. The van der Waals surface area contributed by atoms with Gasteiger partial charge in [0.15, 0.2) is 16.6 Å². The summed E-state index contributed by atoms with van der Waals surface area (Å²) < 4.78 is 65.4. The molecule has 3 aromatic heterocycles. The summed E-state index contributed by atoms with van der Waals surface area (Å²) in [6.07, 6.45) is -0.388. The highest BCUT2D eigenvalue weighted by molar-refractivity contribution is 7.13. The van der Waals surface area contributed by atoms with Crippen LogP contribution in [-0.4, -0.2) is 55.6 Å². The molecule has 0 saturated carbocycles. The number of aromatic carboxylic acids is 1. The van der Waals surface area contributed by atoms with E-state index >= 15 is 13.2 Å². The standard InChI is InChI=1S/C31H28F3N5O5S/c1-4-43-30-38-37-26(45-30)14-44-25-7-5-6-20(36-25)18-11-19(32)17(27(33)28(18)34)12-24-35-21-9-8-16(29(40)41)10-22(21)39(24)23-13-42-15-31(23,2)3/h5-11,23H,4,12-15H2,1-3H3,(H,40,41)/t23-/m1/s1. The van der Waals surface area contributed by atoms with E-state index in [2.05, 4.69) is 20.2 Å². The Labute approximate surface area is 259 Å². The number of benzene rings is 2. The van der Waals surface area contributed by atoms with E-state index < -0.39 is 34.4 Å². The summed E-state index contributed by atoms with van der Waals surface area (Å²) >= 11 is 1.20. The number of ether oxygens (including phenoxy) is 3. The van der Waals surface area contributed by atoms with Gasteiger partial charge in [-0.15, -0.1) is 5.10 Å². The van der Waals surface area contributed by atoms with Gasteiger partial charge in [-0.25, -0.2) is 27.9 Å². The van der Waals surface area contributed by atoms with Crippen LogP contribution in [-0.2, 0) is 17.8 Å². The molecule has 0 amide bonds. The molecule has 5 aromatic rings. The first kappa shape index (κ1) is 30.5. The van der Waals surface area contributed by atoms with Crippen LogP contribution in [0.3, 0.4) is 0 Å². The van der Waals surface area contributed by atoms with Crippen molar-refractivity contribution in [2.75, 3.05) is 19.8 Å². The molecule has 0 bridgehead atoms. The van der Waals surface area contributed by atoms with Crippen LogP contribution in [0.5, 0.6) is 11.1 Å². The number of carbonyl (C=O) groups is 1. The van der Waals surface area contributed by atoms with Gasteiger partial charge in [0.1, 0.15) is 18.2 Å². The monoisotopic (exact) mass is 639 g/mol. The molecule has 6 rings (SSSR count). The summed E-state index contributed by atoms with van der Waals surface area (Å²) in [6.45, 7) is 6.96. The van der Waals surface area contributed by atoms with Crippen molar-refractivity contribution in [1.82, 2.24) is 24.7 Å². The number of carboxylic acids is 1. The molecule has 1 aliphatic heterocycles. The molecule has 234 valence electrons. The normalized spacial score (nSPS) is 15.9. The van der Waals surface area contributed by atoms with Crippen molar-refractivity contribution in [1.29, 1.82) is 0 Å². The quantitative estimate of drug-likeness (QED) is 0.177. The van der Waals surface area contributed by atoms with E-state index in [1.807, 2.05) is 20.8 Å². The topological polar surface area (TPSA) is 121 Å². The van der Waals surface area contributed by atoms with Crippen molar-refractivity contribution >= 4 is 28.3 Å². The van der Waals surface area contributed by atoms with Crippen LogP contribution in [0, 0.1) is 22.9 Å². The zero-order valence-corrected chi connectivity index (χ0v) is 25.3. The zero-order chi connectivity index (χ0) is 31.9. The molecule has 1 N–H and O–H groups in total. The lowest BCUT2D eigenvalue weighted by Crippen LogP contribution is -2.27. The van der Waals surface area contributed by atoms with E-state index in [1.165, 1.54) is 41.7 Å². The van der Waals surface area contributed by atoms with Crippen molar-refractivity contribution < 1.29 is 37.3 Å². The molecule has 45 heavy (non-hydrogen) atoms. The first-order chi connectivity index (χ1) is 21.6. The summed E-state index contributed by atoms with van der Waals surface area (Å²) in [6, 6.07) is 9.50. The van der Waals surface area contributed by atoms with E-state index in [0.717, 1.165) is 6.07 Å². The fourth-order valence-corrected chi connectivity index (χ4v) is 5.99. The second-order valence-electron chi connectivity index (χ2n) is 11.2. The Morgan fingerprint density at radius 1 is 1.11 bits per heavy atom. The van der Waals surface area contributed by atoms with Crippen LogP contribution >= 0.6 is 11.3 Å². The van der Waals surface area contributed by atoms with Crippen LogP contribution < -0.4 is 9.47 Å². The summed E-state index contributed by atoms with van der Waals surface area (Å²) in [5.74, 6) is -4.41. The van der Waals surface area contributed by atoms with E-state index in [-0.39, 0.29) is 54.2 Å². The lowest BCUT2D eigenvalue weighted by Gasteiger charge is -2.28. The third-order valence-corrected chi connectivity index (χ3v) is 8.43. The number of hydrogen-bond donors (Lipinski definition) is 1. The van der Waals surface area contributed by atoms with Crippen LogP contribution in [0.15, 0.2) is 42.5 Å². The van der Waals surface area contributed by atoms with E-state index in [0.29, 0.717) is 34.4 Å². The van der Waals surface area contributed by atoms with Crippen LogP contribution in [0.1, 0.15) is 53.6 Å². The number of fused-ring (bicyclic) bond motifs is 1. The highest BCUT2D eigenvalue weighted by atomic mass is 32.1. The summed E-state index contributed by atoms with van der Waals surface area (Å²) in [7, 11) is 0. The highest BCUT2D eigenvalue weighted by Gasteiger charge is 2.39. The fraction of sp³-hybridized carbons (Fsp3) is 0.323. The maximum absolute atomic E-state index is 15.7. The largest absolute Gasteiger partial charge is 0.478 e. The third-order valence-electron chi connectivity index (χ3n) is 7.62. The lowest BCUT2D eigenvalue weighted by molar-refractivity contribution is 0.0697. The summed E-state index contributed by atoms with van der Waals surface area (Å²) in [4.78, 5) is 20.5. The number of rotatable bonds is 10. The van der Waals surface area contributed by atoms with Gasteiger partial charge in [-0.2, -0.15) is 0 Å². The number of carboxylic acid groups (broad SMARTS) is 1. The van der Waals surface area contributed by atoms with Crippen LogP contribution in [0.4, 0.5) is 13.2 Å². The highest BCUT2D eigenvalue weighted by Crippen LogP contribution is 2.41. The molecular weight excluding hydrogens is 611 g/mol. The van der Waals surface area contributed by atoms with Crippen LogP contribution in [0.25, 0.3) is 22.3 Å². The van der Waals surface area contributed by atoms with E-state index in [4.69, 9.17) is 14.2 Å². The van der Waals surface area contributed by atoms with Crippen molar-refractivity contribution in [2.45, 2.75) is 39.8 Å². The second kappa shape index (κ2) is 12.1. The van der Waals surface area contributed by atoms with Gasteiger partial charge in [0, 0.05) is 29.0 Å². The first-order valence-electron chi connectivity index (χ1n) is 14.1. The maximum atomic E-state index is 15.7. The summed E-state index contributed by atoms with van der Waals surface area (Å²) in [5.41, 5.74) is -0.351. The maximum Gasteiger partial charge on any atom is 0.335 e. The minimum Gasteiger partial charge on any atom is -0.478 e. The zero-order valence-electron chi connectivity index (χ0n) is 24.5. The third kappa shape index (κ3) is 5.94. The fourth-order valence-electron chi connectivity index (χ4n) is 5.33. The first-order valence-corrected chi connectivity index (χ1v) is 14.9. The molecule has 0 unspecified atom stereocenters. The molecule has 0 radical (unpaired) electrons. The van der Waals surface area contributed by atoms with Crippen molar-refractivity contribution in [3.63, 3.8) is 0 Å². The predicted octanol–water partition coefficient (Wildman–Crippen LogP) is 6.23. The Bertz CT molecular complexity index is 1910. The molecule has 0 aliphatic carbocycles. The van der Waals surface area contributed by atoms with Gasteiger partial charge in [0.25, 0.3) is 5.19 Å². The van der Waals surface area contributed by atoms with Gasteiger partial charge in [0.2, 0.25) is 5.88 Å². The SMILES string of the molecule is CCOc1nnc(COc2cccc(-c3cc(F)c(Cc4nc5ccc(C(=O)O)cc5n4[C@@H]4COCC4(C)C)c(F)c3F)n2)s1. The molecule has 14 heteroatoms. The smallest absolute Gasteiger partial charge is 0.335 e. The number of aromatic nitrogens is 5. The predicted molar refractivity (Wildman–Crippen MR) is 158 cm³/mol. The Morgan fingerprint density at radius 2 is 1.93 bits per heavy atom. The van der Waals surface area contributed by atoms with Gasteiger partial charge >= 0.3 is 5.97 Å². The van der Waals surface area contributed by atoms with Gasteiger partial charge in [-0.3, -0.25) is 0 Å². The summed E-state index contributed by atoms with van der Waals surface area (Å²) in [5, 5.41) is 18.3. The Kier molecular flexibility index (Phi) is 8.18. The number of nitrogens with zero attached hydrogens (tertiary/aromatic N) is 5. The molecule has 2 aromatic carbocycles. The Morgan fingerprint density at radius 3 is 2.67 bits per heavy atom. The van der Waals surface area contributed by atoms with E-state index in [1.54, 1.807) is 10.6 Å². The lowest BCUT2D eigenvalue weighted by atomic mass is 9.87. The molecular formula is C31H28F3N5O5S. The van der Waals surface area contributed by atoms with Gasteiger partial charge in [-0.1, -0.05) is 36.3 Å². The molecule has 1 saturated heterocycles. The average Bonchev–Trinajstić information content (AvgIpc) is 3.71. The minimum atomic E-state index is -1.37. The Balaban J connectivity index is 1.33. The van der Waals surface area contributed by atoms with Crippen molar-refractivity contribution in [3.8, 4) is 22.3 Å². The van der Waals surface area contributed by atoms with Gasteiger partial charge in [-0.05, 0) is 37.3 Å². The van der Waals surface area contributed by atoms with Gasteiger partial charge < -0.3 is 23.9 Å². The second-order valence-corrected chi connectivity index (χ2v) is 12.2. The number of pyridine rings is 1. The molecule has 1 aliphatic rings. The number of halogens is 3. The number of hydrogen-bond acceptors (Lipinski definition) is 9. The van der Waals surface area contributed by atoms with Crippen molar-refractivity contribution in [3.05, 3.63) is 81.9 Å².